The van der Waals surface area contributed by atoms with Gasteiger partial charge in [0.15, 0.2) is 0 Å². The van der Waals surface area contributed by atoms with Gasteiger partial charge in [0.2, 0.25) is 11.8 Å². The number of methoxy groups -OCH3 is 1. The minimum Gasteiger partial charge on any atom is -0.378 e. The van der Waals surface area contributed by atoms with E-state index in [0.29, 0.717) is 5.92 Å². The van der Waals surface area contributed by atoms with Gasteiger partial charge in [0.05, 0.1) is 18.1 Å². The smallest absolute Gasteiger partial charge is 0.228 e. The van der Waals surface area contributed by atoms with Crippen molar-refractivity contribution in [2.45, 2.75) is 50.7 Å². The Bertz CT molecular complexity index is 625. The summed E-state index contributed by atoms with van der Waals surface area (Å²) in [5.74, 6) is 0.621. The highest BCUT2D eigenvalue weighted by Crippen LogP contribution is 2.35. The summed E-state index contributed by atoms with van der Waals surface area (Å²) in [5.41, 5.74) is 1.37. The number of piperidine rings is 1. The Morgan fingerprint density at radius 1 is 1.08 bits per heavy atom. The highest BCUT2D eigenvalue weighted by molar-refractivity contribution is 5.80. The molecule has 0 N–H and O–H groups in total. The second-order valence-corrected chi connectivity index (χ2v) is 7.59. The van der Waals surface area contributed by atoms with Crippen molar-refractivity contribution in [2.24, 2.45) is 5.92 Å². The molecule has 0 radical (unpaired) electrons. The monoisotopic (exact) mass is 358 g/mol. The molecule has 3 rings (SSSR count). The molecule has 0 unspecified atom stereocenters. The Morgan fingerprint density at radius 3 is 2.31 bits per heavy atom. The van der Waals surface area contributed by atoms with E-state index >= 15 is 0 Å². The number of benzene rings is 1. The highest BCUT2D eigenvalue weighted by atomic mass is 16.5. The second-order valence-electron chi connectivity index (χ2n) is 7.59. The Morgan fingerprint density at radius 2 is 1.73 bits per heavy atom. The fraction of sp³-hybridized carbons (Fsp3) is 0.619. The first kappa shape index (κ1) is 18.9. The quantitative estimate of drug-likeness (QED) is 0.831. The zero-order valence-electron chi connectivity index (χ0n) is 16.1. The molecule has 1 saturated heterocycles. The standard InChI is InChI=1S/C21H30N2O3/c1-15(24)22(2)19-10-9-18(20(19)26-3)21(25)23-13-11-17(12-14-23)16-7-5-4-6-8-16/h4-8,17-20H,9-14H2,1-3H3/t18-,19-,20+/m1/s1. The lowest BCUT2D eigenvalue weighted by Gasteiger charge is -2.36. The van der Waals surface area contributed by atoms with Gasteiger partial charge in [0.25, 0.3) is 0 Å². The normalized spacial score (nSPS) is 26.7. The van der Waals surface area contributed by atoms with Crippen molar-refractivity contribution in [3.8, 4) is 0 Å². The van der Waals surface area contributed by atoms with E-state index < -0.39 is 0 Å². The van der Waals surface area contributed by atoms with Gasteiger partial charge in [0, 0.05) is 34.2 Å². The van der Waals surface area contributed by atoms with E-state index in [1.165, 1.54) is 5.56 Å². The number of carbonyl (C=O) groups is 2. The molecule has 1 aromatic rings. The molecule has 1 saturated carbocycles. The molecule has 1 aliphatic carbocycles. The third-order valence-electron chi connectivity index (χ3n) is 6.21. The van der Waals surface area contributed by atoms with E-state index in [1.807, 2.05) is 11.0 Å². The lowest BCUT2D eigenvalue weighted by molar-refractivity contribution is -0.143. The number of rotatable bonds is 4. The van der Waals surface area contributed by atoms with Crippen LogP contribution in [0.3, 0.4) is 0 Å². The molecule has 0 bridgehead atoms. The van der Waals surface area contributed by atoms with E-state index in [-0.39, 0.29) is 29.9 Å². The largest absolute Gasteiger partial charge is 0.378 e. The lowest BCUT2D eigenvalue weighted by Crippen LogP contribution is -2.48. The van der Waals surface area contributed by atoms with E-state index in [0.717, 1.165) is 38.8 Å². The maximum absolute atomic E-state index is 13.1. The number of likely N-dealkylation sites (tertiary alicyclic amines) is 1. The molecule has 142 valence electrons. The maximum Gasteiger partial charge on any atom is 0.228 e. The van der Waals surface area contributed by atoms with E-state index in [9.17, 15) is 9.59 Å². The molecule has 2 aliphatic rings. The predicted molar refractivity (Wildman–Crippen MR) is 101 cm³/mol. The lowest BCUT2D eigenvalue weighted by atomic mass is 9.89. The van der Waals surface area contributed by atoms with Crippen molar-refractivity contribution in [1.29, 1.82) is 0 Å². The van der Waals surface area contributed by atoms with Gasteiger partial charge in [-0.2, -0.15) is 0 Å². The molecule has 0 spiro atoms. The molecule has 2 amide bonds. The molecular formula is C21H30N2O3. The van der Waals surface area contributed by atoms with Gasteiger partial charge in [-0.05, 0) is 37.2 Å². The van der Waals surface area contributed by atoms with Crippen LogP contribution in [0, 0.1) is 5.92 Å². The number of carbonyl (C=O) groups excluding carboxylic acids is 2. The Balaban J connectivity index is 1.60. The van der Waals surface area contributed by atoms with Crippen LogP contribution in [0.15, 0.2) is 30.3 Å². The summed E-state index contributed by atoms with van der Waals surface area (Å²) in [6.45, 7) is 3.17. The van der Waals surface area contributed by atoms with Crippen LogP contribution in [0.2, 0.25) is 0 Å². The molecule has 0 aromatic heterocycles. The summed E-state index contributed by atoms with van der Waals surface area (Å²) >= 11 is 0. The van der Waals surface area contributed by atoms with Gasteiger partial charge in [-0.15, -0.1) is 0 Å². The summed E-state index contributed by atoms with van der Waals surface area (Å²) in [7, 11) is 3.45. The van der Waals surface area contributed by atoms with Crippen molar-refractivity contribution >= 4 is 11.8 Å². The van der Waals surface area contributed by atoms with Crippen LogP contribution < -0.4 is 0 Å². The predicted octanol–water partition coefficient (Wildman–Crippen LogP) is 2.66. The van der Waals surface area contributed by atoms with Crippen LogP contribution in [0.5, 0.6) is 0 Å². The summed E-state index contributed by atoms with van der Waals surface area (Å²) in [5, 5.41) is 0. The summed E-state index contributed by atoms with van der Waals surface area (Å²) in [6, 6.07) is 10.6. The highest BCUT2D eigenvalue weighted by Gasteiger charge is 2.44. The van der Waals surface area contributed by atoms with Gasteiger partial charge in [-0.3, -0.25) is 9.59 Å². The van der Waals surface area contributed by atoms with Crippen LogP contribution in [-0.4, -0.2) is 61.0 Å². The fourth-order valence-corrected chi connectivity index (χ4v) is 4.57. The molecule has 1 aliphatic heterocycles. The van der Waals surface area contributed by atoms with Crippen molar-refractivity contribution in [2.75, 3.05) is 27.2 Å². The summed E-state index contributed by atoms with van der Waals surface area (Å²) in [4.78, 5) is 28.5. The molecule has 1 heterocycles. The SMILES string of the molecule is CO[C@@H]1[C@H](N(C)C(C)=O)CC[C@H]1C(=O)N1CCC(c2ccccc2)CC1. The van der Waals surface area contributed by atoms with Crippen molar-refractivity contribution in [1.82, 2.24) is 9.80 Å². The molecule has 2 fully saturated rings. The van der Waals surface area contributed by atoms with Crippen molar-refractivity contribution < 1.29 is 14.3 Å². The number of ether oxygens (including phenoxy) is 1. The van der Waals surface area contributed by atoms with Gasteiger partial charge in [-0.25, -0.2) is 0 Å². The van der Waals surface area contributed by atoms with Crippen molar-refractivity contribution in [3.63, 3.8) is 0 Å². The number of nitrogens with zero attached hydrogens (tertiary/aromatic N) is 2. The molecule has 5 heteroatoms. The maximum atomic E-state index is 13.1. The van der Waals surface area contributed by atoms with E-state index in [1.54, 1.807) is 26.0 Å². The average molecular weight is 358 g/mol. The van der Waals surface area contributed by atoms with Gasteiger partial charge in [-0.1, -0.05) is 30.3 Å². The van der Waals surface area contributed by atoms with Gasteiger partial charge in [0.1, 0.15) is 0 Å². The third kappa shape index (κ3) is 3.78. The van der Waals surface area contributed by atoms with E-state index in [2.05, 4.69) is 24.3 Å². The minimum absolute atomic E-state index is 0.00620. The number of hydrogen-bond donors (Lipinski definition) is 0. The average Bonchev–Trinajstić information content (AvgIpc) is 3.11. The third-order valence-corrected chi connectivity index (χ3v) is 6.21. The number of amides is 2. The van der Waals surface area contributed by atoms with Crippen LogP contribution in [-0.2, 0) is 14.3 Å². The topological polar surface area (TPSA) is 49.9 Å². The summed E-state index contributed by atoms with van der Waals surface area (Å²) in [6.07, 6.45) is 3.43. The molecule has 5 nitrogen and oxygen atoms in total. The first-order valence-corrected chi connectivity index (χ1v) is 9.62. The number of likely N-dealkylation sites (N-methyl/N-ethyl adjacent to an activating group) is 1. The molecule has 26 heavy (non-hydrogen) atoms. The second kappa shape index (κ2) is 8.21. The Kier molecular flexibility index (Phi) is 5.97. The first-order valence-electron chi connectivity index (χ1n) is 9.62. The van der Waals surface area contributed by atoms with Crippen LogP contribution >= 0.6 is 0 Å². The summed E-state index contributed by atoms with van der Waals surface area (Å²) < 4.78 is 5.67. The zero-order chi connectivity index (χ0) is 18.7. The van der Waals surface area contributed by atoms with E-state index in [4.69, 9.17) is 4.74 Å². The van der Waals surface area contributed by atoms with Crippen LogP contribution in [0.4, 0.5) is 0 Å². The van der Waals surface area contributed by atoms with Crippen LogP contribution in [0.25, 0.3) is 0 Å². The molecule has 1 aromatic carbocycles. The van der Waals surface area contributed by atoms with Gasteiger partial charge >= 0.3 is 0 Å². The Labute approximate surface area is 156 Å². The molecular weight excluding hydrogens is 328 g/mol. The fourth-order valence-electron chi connectivity index (χ4n) is 4.57. The van der Waals surface area contributed by atoms with Crippen molar-refractivity contribution in [3.05, 3.63) is 35.9 Å². The van der Waals surface area contributed by atoms with Crippen LogP contribution in [0.1, 0.15) is 44.1 Å². The molecule has 3 atom stereocenters. The first-order chi connectivity index (χ1) is 12.5. The minimum atomic E-state index is -0.205. The van der Waals surface area contributed by atoms with Gasteiger partial charge < -0.3 is 14.5 Å². The Hall–Kier alpha value is -1.88. The zero-order valence-corrected chi connectivity index (χ0v) is 16.1. The number of hydrogen-bond acceptors (Lipinski definition) is 3.